The number of benzene rings is 2. The minimum atomic E-state index is -0.623. The SMILES string of the molecule is COc1ccc(NC(=O)/C(C#N)=C/c2ccc([N+](=O)[O-])cc2)cc1Cl. The Morgan fingerprint density at radius 2 is 2.00 bits per heavy atom. The zero-order chi connectivity index (χ0) is 18.4. The Balaban J connectivity index is 2.19. The molecule has 0 aliphatic carbocycles. The highest BCUT2D eigenvalue weighted by Crippen LogP contribution is 2.27. The second-order valence-electron chi connectivity index (χ2n) is 4.82. The van der Waals surface area contributed by atoms with Crippen molar-refractivity contribution in [2.75, 3.05) is 12.4 Å². The number of halogens is 1. The average Bonchev–Trinajstić information content (AvgIpc) is 2.60. The van der Waals surface area contributed by atoms with Crippen LogP contribution in [0.2, 0.25) is 5.02 Å². The van der Waals surface area contributed by atoms with Gasteiger partial charge in [-0.2, -0.15) is 5.26 Å². The molecule has 0 spiro atoms. The molecule has 2 aromatic carbocycles. The fourth-order valence-electron chi connectivity index (χ4n) is 1.95. The number of methoxy groups -OCH3 is 1. The summed E-state index contributed by atoms with van der Waals surface area (Å²) in [6.07, 6.45) is 1.34. The van der Waals surface area contributed by atoms with Crippen molar-refractivity contribution in [2.24, 2.45) is 0 Å². The van der Waals surface area contributed by atoms with Crippen molar-refractivity contribution in [3.8, 4) is 11.8 Å². The molecule has 126 valence electrons. The summed E-state index contributed by atoms with van der Waals surface area (Å²) >= 11 is 5.99. The monoisotopic (exact) mass is 357 g/mol. The summed E-state index contributed by atoms with van der Waals surface area (Å²) in [5, 5.41) is 22.7. The van der Waals surface area contributed by atoms with Gasteiger partial charge in [-0.25, -0.2) is 0 Å². The molecule has 2 rings (SSSR count). The van der Waals surface area contributed by atoms with Crippen LogP contribution in [0.5, 0.6) is 5.75 Å². The van der Waals surface area contributed by atoms with Gasteiger partial charge < -0.3 is 10.1 Å². The molecule has 25 heavy (non-hydrogen) atoms. The first-order chi connectivity index (χ1) is 11.9. The van der Waals surface area contributed by atoms with Crippen molar-refractivity contribution in [1.82, 2.24) is 0 Å². The van der Waals surface area contributed by atoms with Crippen LogP contribution < -0.4 is 10.1 Å². The van der Waals surface area contributed by atoms with Crippen LogP contribution >= 0.6 is 11.6 Å². The summed E-state index contributed by atoms with van der Waals surface area (Å²) in [4.78, 5) is 22.3. The molecule has 0 saturated heterocycles. The number of anilines is 1. The molecule has 8 heteroatoms. The number of carbonyl (C=O) groups excluding carboxylic acids is 1. The summed E-state index contributed by atoms with van der Waals surface area (Å²) in [7, 11) is 1.47. The minimum Gasteiger partial charge on any atom is -0.495 e. The summed E-state index contributed by atoms with van der Waals surface area (Å²) in [6.45, 7) is 0. The fraction of sp³-hybridized carbons (Fsp3) is 0.0588. The normalized spacial score (nSPS) is 10.7. The van der Waals surface area contributed by atoms with Crippen molar-refractivity contribution < 1.29 is 14.5 Å². The zero-order valence-corrected chi connectivity index (χ0v) is 13.8. The Morgan fingerprint density at radius 1 is 1.32 bits per heavy atom. The molecule has 0 heterocycles. The molecule has 1 amide bonds. The van der Waals surface area contributed by atoms with Gasteiger partial charge >= 0.3 is 0 Å². The summed E-state index contributed by atoms with van der Waals surface area (Å²) < 4.78 is 5.02. The van der Waals surface area contributed by atoms with Crippen LogP contribution in [0.15, 0.2) is 48.0 Å². The molecule has 0 radical (unpaired) electrons. The first-order valence-electron chi connectivity index (χ1n) is 6.95. The van der Waals surface area contributed by atoms with Crippen molar-refractivity contribution in [3.63, 3.8) is 0 Å². The van der Waals surface area contributed by atoms with Gasteiger partial charge in [0.05, 0.1) is 17.1 Å². The predicted octanol–water partition coefficient (Wildman–Crippen LogP) is 3.80. The van der Waals surface area contributed by atoms with Gasteiger partial charge in [0.1, 0.15) is 17.4 Å². The Labute approximate surface area is 148 Å². The van der Waals surface area contributed by atoms with E-state index in [0.29, 0.717) is 22.0 Å². The molecule has 0 aliphatic heterocycles. The van der Waals surface area contributed by atoms with E-state index >= 15 is 0 Å². The molecule has 0 atom stereocenters. The fourth-order valence-corrected chi connectivity index (χ4v) is 2.21. The van der Waals surface area contributed by atoms with E-state index in [2.05, 4.69) is 5.32 Å². The number of rotatable bonds is 5. The van der Waals surface area contributed by atoms with E-state index in [-0.39, 0.29) is 11.3 Å². The van der Waals surface area contributed by atoms with Gasteiger partial charge in [-0.3, -0.25) is 14.9 Å². The molecule has 7 nitrogen and oxygen atoms in total. The smallest absolute Gasteiger partial charge is 0.269 e. The maximum absolute atomic E-state index is 12.2. The Bertz CT molecular complexity index is 886. The molecular weight excluding hydrogens is 346 g/mol. The Kier molecular flexibility index (Phi) is 5.71. The highest BCUT2D eigenvalue weighted by molar-refractivity contribution is 6.32. The number of hydrogen-bond acceptors (Lipinski definition) is 5. The van der Waals surface area contributed by atoms with E-state index in [1.54, 1.807) is 18.2 Å². The lowest BCUT2D eigenvalue weighted by Gasteiger charge is -2.07. The first kappa shape index (κ1) is 18.0. The first-order valence-corrected chi connectivity index (χ1v) is 7.33. The number of amides is 1. The lowest BCUT2D eigenvalue weighted by molar-refractivity contribution is -0.384. The highest BCUT2D eigenvalue weighted by Gasteiger charge is 2.11. The molecular formula is C17H12ClN3O4. The number of nitriles is 1. The quantitative estimate of drug-likeness (QED) is 0.379. The van der Waals surface area contributed by atoms with Crippen LogP contribution in [0.25, 0.3) is 6.08 Å². The summed E-state index contributed by atoms with van der Waals surface area (Å²) in [6, 6.07) is 12.0. The highest BCUT2D eigenvalue weighted by atomic mass is 35.5. The number of ether oxygens (including phenoxy) is 1. The van der Waals surface area contributed by atoms with Crippen LogP contribution in [-0.2, 0) is 4.79 Å². The van der Waals surface area contributed by atoms with E-state index in [1.807, 2.05) is 0 Å². The number of hydrogen-bond donors (Lipinski definition) is 1. The second kappa shape index (κ2) is 7.95. The van der Waals surface area contributed by atoms with Crippen molar-refractivity contribution in [1.29, 1.82) is 5.26 Å². The molecule has 0 unspecified atom stereocenters. The third-order valence-corrected chi connectivity index (χ3v) is 3.49. The molecule has 0 aromatic heterocycles. The largest absolute Gasteiger partial charge is 0.495 e. The average molecular weight is 358 g/mol. The number of nitrogens with one attached hydrogen (secondary N) is 1. The van der Waals surface area contributed by atoms with Gasteiger partial charge in [0.2, 0.25) is 0 Å². The maximum Gasteiger partial charge on any atom is 0.269 e. The standard InChI is InChI=1S/C17H12ClN3O4/c1-25-16-7-4-13(9-15(16)18)20-17(22)12(10-19)8-11-2-5-14(6-3-11)21(23)24/h2-9H,1H3,(H,20,22)/b12-8+. The lowest BCUT2D eigenvalue weighted by Crippen LogP contribution is -2.13. The Morgan fingerprint density at radius 3 is 2.52 bits per heavy atom. The molecule has 0 fully saturated rings. The van der Waals surface area contributed by atoms with Crippen molar-refractivity contribution in [2.45, 2.75) is 0 Å². The molecule has 1 N–H and O–H groups in total. The maximum atomic E-state index is 12.2. The number of nitro benzene ring substituents is 1. The van der Waals surface area contributed by atoms with E-state index in [1.165, 1.54) is 43.5 Å². The third-order valence-electron chi connectivity index (χ3n) is 3.19. The third kappa shape index (κ3) is 4.56. The summed E-state index contributed by atoms with van der Waals surface area (Å²) in [5.74, 6) is -0.163. The predicted molar refractivity (Wildman–Crippen MR) is 93.3 cm³/mol. The van der Waals surface area contributed by atoms with Crippen LogP contribution in [0, 0.1) is 21.4 Å². The van der Waals surface area contributed by atoms with E-state index in [9.17, 15) is 20.2 Å². The molecule has 0 saturated carbocycles. The topological polar surface area (TPSA) is 105 Å². The van der Waals surface area contributed by atoms with Crippen LogP contribution in [-0.4, -0.2) is 17.9 Å². The van der Waals surface area contributed by atoms with Gasteiger partial charge in [-0.05, 0) is 42.0 Å². The number of non-ortho nitro benzene ring substituents is 1. The second-order valence-corrected chi connectivity index (χ2v) is 5.23. The van der Waals surface area contributed by atoms with Crippen LogP contribution in [0.4, 0.5) is 11.4 Å². The van der Waals surface area contributed by atoms with E-state index in [4.69, 9.17) is 16.3 Å². The van der Waals surface area contributed by atoms with Gasteiger partial charge in [0, 0.05) is 17.8 Å². The zero-order valence-electron chi connectivity index (χ0n) is 13.0. The van der Waals surface area contributed by atoms with Gasteiger partial charge in [-0.1, -0.05) is 11.6 Å². The van der Waals surface area contributed by atoms with Gasteiger partial charge in [0.25, 0.3) is 11.6 Å². The Hall–Kier alpha value is -3.37. The number of nitro groups is 1. The van der Waals surface area contributed by atoms with Crippen LogP contribution in [0.1, 0.15) is 5.56 Å². The van der Waals surface area contributed by atoms with Crippen molar-refractivity contribution in [3.05, 3.63) is 68.7 Å². The molecule has 0 bridgehead atoms. The number of nitrogens with zero attached hydrogens (tertiary/aromatic N) is 2. The van der Waals surface area contributed by atoms with Crippen molar-refractivity contribution >= 4 is 35.0 Å². The number of carbonyl (C=O) groups is 1. The molecule has 0 aliphatic rings. The summed E-state index contributed by atoms with van der Waals surface area (Å²) in [5.41, 5.74) is 0.666. The molecule has 2 aromatic rings. The van der Waals surface area contributed by atoms with Gasteiger partial charge in [0.15, 0.2) is 0 Å². The van der Waals surface area contributed by atoms with Crippen LogP contribution in [0.3, 0.4) is 0 Å². The minimum absolute atomic E-state index is 0.0759. The van der Waals surface area contributed by atoms with E-state index in [0.717, 1.165) is 0 Å². The van der Waals surface area contributed by atoms with Gasteiger partial charge in [-0.15, -0.1) is 0 Å². The van der Waals surface area contributed by atoms with E-state index < -0.39 is 10.8 Å². The lowest BCUT2D eigenvalue weighted by atomic mass is 10.1.